The first-order valence-electron chi connectivity index (χ1n) is 4.81. The van der Waals surface area contributed by atoms with Gasteiger partial charge >= 0.3 is 0 Å². The molecule has 0 spiro atoms. The van der Waals surface area contributed by atoms with Gasteiger partial charge in [-0.2, -0.15) is 5.10 Å². The number of benzene rings is 1. The highest BCUT2D eigenvalue weighted by Gasteiger charge is 2.15. The normalized spacial score (nSPS) is 13.5. The molecular formula is C10H7BrN4O2. The Bertz CT molecular complexity index is 568. The van der Waals surface area contributed by atoms with Crippen molar-refractivity contribution in [1.82, 2.24) is 14.9 Å². The lowest BCUT2D eigenvalue weighted by Gasteiger charge is -2.01. The van der Waals surface area contributed by atoms with Crippen LogP contribution < -0.4 is 9.47 Å². The van der Waals surface area contributed by atoms with Crippen molar-refractivity contribution in [3.63, 3.8) is 0 Å². The zero-order valence-corrected chi connectivity index (χ0v) is 10.2. The van der Waals surface area contributed by atoms with Gasteiger partial charge in [0.25, 0.3) is 0 Å². The van der Waals surface area contributed by atoms with Crippen LogP contribution in [-0.2, 0) is 0 Å². The molecule has 0 atom stereocenters. The summed E-state index contributed by atoms with van der Waals surface area (Å²) in [6.45, 7) is 0.258. The van der Waals surface area contributed by atoms with Crippen molar-refractivity contribution in [2.24, 2.45) is 5.10 Å². The van der Waals surface area contributed by atoms with E-state index in [-0.39, 0.29) is 6.79 Å². The van der Waals surface area contributed by atoms with Gasteiger partial charge in [-0.3, -0.25) is 0 Å². The minimum atomic E-state index is 0.258. The summed E-state index contributed by atoms with van der Waals surface area (Å²) in [7, 11) is 0. The smallest absolute Gasteiger partial charge is 0.231 e. The Labute approximate surface area is 105 Å². The lowest BCUT2D eigenvalue weighted by Crippen LogP contribution is -1.93. The number of ether oxygens (including phenoxy) is 2. The first-order valence-corrected chi connectivity index (χ1v) is 5.60. The maximum atomic E-state index is 5.29. The number of nitrogens with zero attached hydrogens (tertiary/aromatic N) is 4. The van der Waals surface area contributed by atoms with Crippen LogP contribution in [0, 0.1) is 0 Å². The molecule has 0 saturated carbocycles. The molecule has 2 heterocycles. The van der Waals surface area contributed by atoms with Gasteiger partial charge in [-0.25, -0.2) is 4.68 Å². The minimum Gasteiger partial charge on any atom is -0.454 e. The van der Waals surface area contributed by atoms with E-state index in [4.69, 9.17) is 9.47 Å². The third-order valence-corrected chi connectivity index (χ3v) is 2.92. The molecule has 0 unspecified atom stereocenters. The summed E-state index contributed by atoms with van der Waals surface area (Å²) in [6.07, 6.45) is 4.71. The van der Waals surface area contributed by atoms with E-state index in [0.29, 0.717) is 0 Å². The molecule has 86 valence electrons. The average molecular weight is 295 g/mol. The highest BCUT2D eigenvalue weighted by atomic mass is 79.9. The highest BCUT2D eigenvalue weighted by molar-refractivity contribution is 9.10. The van der Waals surface area contributed by atoms with Gasteiger partial charge in [0.1, 0.15) is 12.7 Å². The number of hydrogen-bond donors (Lipinski definition) is 0. The second-order valence-electron chi connectivity index (χ2n) is 3.31. The van der Waals surface area contributed by atoms with Crippen molar-refractivity contribution in [2.75, 3.05) is 6.79 Å². The van der Waals surface area contributed by atoms with Gasteiger partial charge in [0.15, 0.2) is 11.5 Å². The fourth-order valence-electron chi connectivity index (χ4n) is 1.42. The summed E-state index contributed by atoms with van der Waals surface area (Å²) in [6, 6.07) is 3.72. The standard InChI is InChI=1S/C10H7BrN4O2/c11-8-2-10-9(16-6-17-10)1-7(8)3-14-15-4-12-13-5-15/h1-5H,6H2/b14-3-. The van der Waals surface area contributed by atoms with Gasteiger partial charge in [0, 0.05) is 10.0 Å². The van der Waals surface area contributed by atoms with Crippen LogP contribution in [0.1, 0.15) is 5.56 Å². The molecule has 1 aliphatic heterocycles. The van der Waals surface area contributed by atoms with Crippen LogP contribution in [0.4, 0.5) is 0 Å². The molecule has 17 heavy (non-hydrogen) atoms. The van der Waals surface area contributed by atoms with Crippen LogP contribution >= 0.6 is 15.9 Å². The molecular weight excluding hydrogens is 288 g/mol. The van der Waals surface area contributed by atoms with Crippen LogP contribution in [0.25, 0.3) is 0 Å². The maximum absolute atomic E-state index is 5.29. The molecule has 1 aromatic carbocycles. The second-order valence-corrected chi connectivity index (χ2v) is 4.17. The summed E-state index contributed by atoms with van der Waals surface area (Å²) in [5, 5.41) is 11.5. The number of halogens is 1. The van der Waals surface area contributed by atoms with Crippen LogP contribution in [0.3, 0.4) is 0 Å². The highest BCUT2D eigenvalue weighted by Crippen LogP contribution is 2.36. The van der Waals surface area contributed by atoms with Crippen molar-refractivity contribution < 1.29 is 9.47 Å². The van der Waals surface area contributed by atoms with Gasteiger partial charge in [-0.15, -0.1) is 10.2 Å². The molecule has 7 heteroatoms. The second kappa shape index (κ2) is 4.17. The van der Waals surface area contributed by atoms with Crippen LogP contribution in [0.15, 0.2) is 34.4 Å². The molecule has 1 aromatic heterocycles. The topological polar surface area (TPSA) is 61.5 Å². The number of fused-ring (bicyclic) bond motifs is 1. The van der Waals surface area contributed by atoms with E-state index in [2.05, 4.69) is 31.2 Å². The molecule has 0 bridgehead atoms. The first kappa shape index (κ1) is 10.3. The van der Waals surface area contributed by atoms with E-state index in [1.807, 2.05) is 12.1 Å². The zero-order chi connectivity index (χ0) is 11.7. The summed E-state index contributed by atoms with van der Waals surface area (Å²) in [5.41, 5.74) is 0.892. The van der Waals surface area contributed by atoms with E-state index in [1.54, 1.807) is 6.21 Å². The molecule has 0 amide bonds. The lowest BCUT2D eigenvalue weighted by atomic mass is 10.2. The fourth-order valence-corrected chi connectivity index (χ4v) is 1.84. The minimum absolute atomic E-state index is 0.258. The Morgan fingerprint density at radius 1 is 1.24 bits per heavy atom. The molecule has 6 nitrogen and oxygen atoms in total. The van der Waals surface area contributed by atoms with E-state index >= 15 is 0 Å². The molecule has 0 saturated heterocycles. The van der Waals surface area contributed by atoms with E-state index in [9.17, 15) is 0 Å². The van der Waals surface area contributed by atoms with Gasteiger partial charge in [0.05, 0.1) is 6.21 Å². The average Bonchev–Trinajstić information content (AvgIpc) is 2.95. The number of aromatic nitrogens is 3. The first-order chi connectivity index (χ1) is 8.33. The molecule has 0 aliphatic carbocycles. The summed E-state index contributed by atoms with van der Waals surface area (Å²) in [4.78, 5) is 0. The number of rotatable bonds is 2. The van der Waals surface area contributed by atoms with Crippen LogP contribution in [0.2, 0.25) is 0 Å². The Morgan fingerprint density at radius 3 is 2.71 bits per heavy atom. The Balaban J connectivity index is 1.93. The van der Waals surface area contributed by atoms with Crippen LogP contribution in [-0.4, -0.2) is 27.9 Å². The fraction of sp³-hybridized carbons (Fsp3) is 0.100. The third kappa shape index (κ3) is 2.01. The van der Waals surface area contributed by atoms with Crippen LogP contribution in [0.5, 0.6) is 11.5 Å². The van der Waals surface area contributed by atoms with Crippen molar-refractivity contribution in [2.45, 2.75) is 0 Å². The quantitative estimate of drug-likeness (QED) is 0.790. The number of hydrogen-bond acceptors (Lipinski definition) is 5. The molecule has 1 aliphatic rings. The summed E-state index contributed by atoms with van der Waals surface area (Å²) < 4.78 is 13.0. The van der Waals surface area contributed by atoms with Gasteiger partial charge < -0.3 is 9.47 Å². The van der Waals surface area contributed by atoms with Crippen molar-refractivity contribution in [3.05, 3.63) is 34.8 Å². The van der Waals surface area contributed by atoms with Crippen molar-refractivity contribution >= 4 is 22.1 Å². The molecule has 2 aromatic rings. The molecule has 0 N–H and O–H groups in total. The predicted molar refractivity (Wildman–Crippen MR) is 63.3 cm³/mol. The molecule has 0 fully saturated rings. The summed E-state index contributed by atoms with van der Waals surface area (Å²) in [5.74, 6) is 1.46. The largest absolute Gasteiger partial charge is 0.454 e. The molecule has 3 rings (SSSR count). The Hall–Kier alpha value is -1.89. The SMILES string of the molecule is Brc1cc2c(cc1/C=N\n1cnnc1)OCO2. The maximum Gasteiger partial charge on any atom is 0.231 e. The summed E-state index contributed by atoms with van der Waals surface area (Å²) >= 11 is 3.45. The monoisotopic (exact) mass is 294 g/mol. The van der Waals surface area contributed by atoms with Crippen molar-refractivity contribution in [3.8, 4) is 11.5 Å². The predicted octanol–water partition coefficient (Wildman–Crippen LogP) is 1.65. The van der Waals surface area contributed by atoms with Gasteiger partial charge in [0.2, 0.25) is 6.79 Å². The van der Waals surface area contributed by atoms with Gasteiger partial charge in [-0.05, 0) is 28.1 Å². The lowest BCUT2D eigenvalue weighted by molar-refractivity contribution is 0.174. The zero-order valence-electron chi connectivity index (χ0n) is 8.58. The third-order valence-electron chi connectivity index (χ3n) is 2.23. The Kier molecular flexibility index (Phi) is 2.52. The van der Waals surface area contributed by atoms with E-state index in [0.717, 1.165) is 21.5 Å². The Morgan fingerprint density at radius 2 is 1.94 bits per heavy atom. The van der Waals surface area contributed by atoms with Gasteiger partial charge in [-0.1, -0.05) is 0 Å². The van der Waals surface area contributed by atoms with Crippen molar-refractivity contribution in [1.29, 1.82) is 0 Å². The van der Waals surface area contributed by atoms with E-state index in [1.165, 1.54) is 17.3 Å². The molecule has 0 radical (unpaired) electrons. The van der Waals surface area contributed by atoms with E-state index < -0.39 is 0 Å².